The average molecular weight is 498 g/mol. The van der Waals surface area contributed by atoms with Crippen molar-refractivity contribution >= 4 is 22.4 Å². The summed E-state index contributed by atoms with van der Waals surface area (Å²) in [6.07, 6.45) is -10.0. The first-order valence-corrected chi connectivity index (χ1v) is 11.5. The van der Waals surface area contributed by atoms with Gasteiger partial charge >= 0.3 is 0 Å². The number of carbonyl (C=O) groups excluding carboxylic acids is 1. The molecular weight excluding hydrogens is 448 g/mol. The monoisotopic (exact) mass is 497 g/mol. The molecule has 2 aromatic carbocycles. The summed E-state index contributed by atoms with van der Waals surface area (Å²) < 4.78 is 136. The second kappa shape index (κ2) is 8.76. The van der Waals surface area contributed by atoms with E-state index < -0.39 is 86.8 Å². The lowest BCUT2D eigenvalue weighted by Gasteiger charge is -2.42. The van der Waals surface area contributed by atoms with E-state index >= 15 is 0 Å². The van der Waals surface area contributed by atoms with Gasteiger partial charge in [-0.2, -0.15) is 5.26 Å². The standard InChI is InChI=1S/C30H34N4O2/c1-4-20-16-23-24(17-26(20)34-9-7-21(8-10-34)33-11-13-36-14-12-33)30(2,3)29-27(28(23)35)22-6-5-19(18-31)15-25(22)32-29/h5-6,15-17,21,32H,4,7-14H2,1-3H3/i4D2,7D2,8D2,9D2,10D2,13D2,14D2,21D. The van der Waals surface area contributed by atoms with E-state index in [4.69, 9.17) is 23.9 Å². The van der Waals surface area contributed by atoms with Crippen LogP contribution in [0.4, 0.5) is 5.69 Å². The molecular formula is C30H34N4O2. The second-order valence-corrected chi connectivity index (χ2v) is 9.27. The number of aromatic amines is 1. The third-order valence-corrected chi connectivity index (χ3v) is 6.89. The highest BCUT2D eigenvalue weighted by atomic mass is 16.5. The van der Waals surface area contributed by atoms with E-state index in [1.54, 1.807) is 32.0 Å². The van der Waals surface area contributed by atoms with Crippen molar-refractivity contribution < 1.29 is 30.1 Å². The topological polar surface area (TPSA) is 72.4 Å². The van der Waals surface area contributed by atoms with Gasteiger partial charge in [0.25, 0.3) is 0 Å². The summed E-state index contributed by atoms with van der Waals surface area (Å²) in [6, 6.07) is 5.38. The molecule has 6 heteroatoms. The minimum Gasteiger partial charge on any atom is -0.379 e. The zero-order valence-corrected chi connectivity index (χ0v) is 20.0. The van der Waals surface area contributed by atoms with E-state index in [0.29, 0.717) is 27.1 Å². The molecule has 1 N–H and O–H groups in total. The van der Waals surface area contributed by atoms with Crippen LogP contribution in [0.1, 0.15) is 92.4 Å². The number of piperidine rings is 1. The molecule has 1 aromatic heterocycles. The Labute approximate surface area is 233 Å². The predicted molar refractivity (Wildman–Crippen MR) is 142 cm³/mol. The van der Waals surface area contributed by atoms with Gasteiger partial charge in [0.15, 0.2) is 5.78 Å². The number of ether oxygens (including phenoxy) is 1. The second-order valence-electron chi connectivity index (χ2n) is 9.27. The van der Waals surface area contributed by atoms with Gasteiger partial charge in [-0.25, -0.2) is 0 Å². The summed E-state index contributed by atoms with van der Waals surface area (Å²) in [7, 11) is 0. The highest BCUT2D eigenvalue weighted by molar-refractivity contribution is 6.20. The quantitative estimate of drug-likeness (QED) is 0.564. The predicted octanol–water partition coefficient (Wildman–Crippen LogP) is 4.77. The Balaban J connectivity index is 1.62. The van der Waals surface area contributed by atoms with E-state index in [1.165, 1.54) is 0 Å². The van der Waals surface area contributed by atoms with Gasteiger partial charge in [0.1, 0.15) is 0 Å². The minimum atomic E-state index is -3.79. The summed E-state index contributed by atoms with van der Waals surface area (Å²) in [4.78, 5) is 17.9. The number of nitriles is 1. The lowest BCUT2D eigenvalue weighted by molar-refractivity contribution is 0.0115. The molecule has 3 aliphatic rings. The van der Waals surface area contributed by atoms with Gasteiger partial charge in [-0.3, -0.25) is 9.69 Å². The van der Waals surface area contributed by atoms with E-state index in [0.717, 1.165) is 19.1 Å². The molecule has 3 heterocycles. The number of aromatic nitrogens is 1. The van der Waals surface area contributed by atoms with Crippen LogP contribution in [0.25, 0.3) is 10.9 Å². The first-order valence-electron chi connectivity index (χ1n) is 19.0. The lowest BCUT2D eigenvalue weighted by atomic mass is 9.70. The number of rotatable bonds is 3. The van der Waals surface area contributed by atoms with E-state index in [9.17, 15) is 11.4 Å². The van der Waals surface area contributed by atoms with Gasteiger partial charge in [0.05, 0.1) is 35.8 Å². The molecule has 0 bridgehead atoms. The summed E-state index contributed by atoms with van der Waals surface area (Å²) in [6.45, 7) is -11.0. The number of aryl methyl sites for hydroxylation is 1. The van der Waals surface area contributed by atoms with Gasteiger partial charge in [-0.1, -0.05) is 26.8 Å². The number of benzene rings is 2. The zero-order valence-electron chi connectivity index (χ0n) is 35.0. The normalized spacial score (nSPS) is 36.1. The average Bonchev–Trinajstić information content (AvgIpc) is 3.36. The number of anilines is 1. The molecule has 0 unspecified atom stereocenters. The number of hydrogen-bond acceptors (Lipinski definition) is 5. The van der Waals surface area contributed by atoms with Gasteiger partial charge in [-0.05, 0) is 54.5 Å². The van der Waals surface area contributed by atoms with Crippen molar-refractivity contribution in [2.45, 2.75) is 51.3 Å². The molecule has 6 rings (SSSR count). The summed E-state index contributed by atoms with van der Waals surface area (Å²) in [5.74, 6) is -0.552. The van der Waals surface area contributed by atoms with Crippen LogP contribution < -0.4 is 4.90 Å². The van der Waals surface area contributed by atoms with Crippen molar-refractivity contribution in [3.05, 3.63) is 63.8 Å². The lowest BCUT2D eigenvalue weighted by Crippen LogP contribution is -2.49. The van der Waals surface area contributed by atoms with Crippen LogP contribution in [0, 0.1) is 11.3 Å². The third kappa shape index (κ3) is 3.56. The zero-order chi connectivity index (χ0) is 38.5. The molecule has 1 aliphatic carbocycles. The van der Waals surface area contributed by atoms with Crippen molar-refractivity contribution in [2.75, 3.05) is 44.1 Å². The highest BCUT2D eigenvalue weighted by Gasteiger charge is 2.40. The van der Waals surface area contributed by atoms with Crippen molar-refractivity contribution in [1.82, 2.24) is 9.88 Å². The van der Waals surface area contributed by atoms with E-state index in [-0.39, 0.29) is 21.6 Å². The largest absolute Gasteiger partial charge is 0.379 e. The summed E-state index contributed by atoms with van der Waals surface area (Å²) in [5, 5.41) is 9.92. The number of hydrogen-bond donors (Lipinski definition) is 1. The van der Waals surface area contributed by atoms with Gasteiger partial charge in [0, 0.05) is 80.4 Å². The van der Waals surface area contributed by atoms with Crippen LogP contribution in [0.15, 0.2) is 30.3 Å². The molecule has 3 aromatic rings. The Bertz CT molecular complexity index is 2000. The minimum absolute atomic E-state index is 0.0148. The Morgan fingerprint density at radius 3 is 2.69 bits per heavy atom. The SMILES string of the molecule is [2H]C1([2H])CN(C2([2H])C([2H])([2H])C([2H])([2H])N(c3cc4c(cc3C([2H])([2H])C)C(=O)c3c([nH]c5cc(C#N)ccc35)C4(C)C)C([2H])([2H])C2([2H])[2H])CC([2H])([2H])O1. The van der Waals surface area contributed by atoms with Gasteiger partial charge in [0.2, 0.25) is 0 Å². The summed E-state index contributed by atoms with van der Waals surface area (Å²) in [5.41, 5.74) is -0.701. The first-order chi connectivity index (χ1) is 22.9. The molecule has 2 aliphatic heterocycles. The van der Waals surface area contributed by atoms with Gasteiger partial charge in [-0.15, -0.1) is 0 Å². The van der Waals surface area contributed by atoms with E-state index in [2.05, 4.69) is 4.98 Å². The Morgan fingerprint density at radius 2 is 2.00 bits per heavy atom. The Morgan fingerprint density at radius 1 is 1.25 bits per heavy atom. The van der Waals surface area contributed by atoms with Gasteiger partial charge < -0.3 is 14.6 Å². The molecule has 186 valence electrons. The number of carbonyl (C=O) groups is 1. The summed E-state index contributed by atoms with van der Waals surface area (Å²) >= 11 is 0. The fourth-order valence-corrected chi connectivity index (χ4v) is 4.96. The molecule has 0 amide bonds. The maximum atomic E-state index is 14.2. The number of ketones is 1. The van der Waals surface area contributed by atoms with Crippen LogP contribution in [0.3, 0.4) is 0 Å². The Hall–Kier alpha value is -3.14. The van der Waals surface area contributed by atoms with Crippen LogP contribution in [-0.4, -0.2) is 60.9 Å². The number of H-pyrrole nitrogens is 1. The fourth-order valence-electron chi connectivity index (χ4n) is 4.96. The molecule has 2 fully saturated rings. The molecule has 0 radical (unpaired) electrons. The fraction of sp³-hybridized carbons (Fsp3) is 0.467. The maximum Gasteiger partial charge on any atom is 0.195 e. The Kier molecular flexibility index (Phi) is 2.90. The van der Waals surface area contributed by atoms with Crippen LogP contribution >= 0.6 is 0 Å². The molecule has 0 spiro atoms. The smallest absolute Gasteiger partial charge is 0.195 e. The van der Waals surface area contributed by atoms with Crippen molar-refractivity contribution in [3.63, 3.8) is 0 Å². The molecule has 6 nitrogen and oxygen atoms in total. The van der Waals surface area contributed by atoms with Crippen LogP contribution in [-0.2, 0) is 16.5 Å². The van der Waals surface area contributed by atoms with Crippen LogP contribution in [0.5, 0.6) is 0 Å². The highest BCUT2D eigenvalue weighted by Crippen LogP contribution is 2.46. The number of morpholine rings is 1. The molecule has 0 atom stereocenters. The number of fused-ring (bicyclic) bond motifs is 4. The van der Waals surface area contributed by atoms with Crippen LogP contribution in [0.2, 0.25) is 0 Å². The molecule has 0 saturated carbocycles. The van der Waals surface area contributed by atoms with Crippen molar-refractivity contribution in [1.29, 1.82) is 5.26 Å². The molecule has 36 heavy (non-hydrogen) atoms. The van der Waals surface area contributed by atoms with Crippen molar-refractivity contribution in [2.24, 2.45) is 0 Å². The molecule has 2 saturated heterocycles. The number of nitrogens with one attached hydrogen (secondary N) is 1. The van der Waals surface area contributed by atoms with E-state index in [1.807, 2.05) is 6.07 Å². The maximum absolute atomic E-state index is 14.2. The number of nitrogens with zero attached hydrogens (tertiary/aromatic N) is 3. The first kappa shape index (κ1) is 11.9. The van der Waals surface area contributed by atoms with Crippen molar-refractivity contribution in [3.8, 4) is 6.07 Å². The third-order valence-electron chi connectivity index (χ3n) is 6.89.